The molecule has 0 saturated heterocycles. The minimum absolute atomic E-state index is 0.616. The summed E-state index contributed by atoms with van der Waals surface area (Å²) in [7, 11) is 0. The van der Waals surface area contributed by atoms with Crippen molar-refractivity contribution in [3.63, 3.8) is 0 Å². The van der Waals surface area contributed by atoms with E-state index in [2.05, 4.69) is 5.32 Å². The summed E-state index contributed by atoms with van der Waals surface area (Å²) in [4.78, 5) is 0. The van der Waals surface area contributed by atoms with E-state index in [0.29, 0.717) is 40.9 Å². The third-order valence-corrected chi connectivity index (χ3v) is 3.08. The number of rotatable bonds is 6. The predicted molar refractivity (Wildman–Crippen MR) is 88.9 cm³/mol. The van der Waals surface area contributed by atoms with Crippen molar-refractivity contribution >= 4 is 28.7 Å². The molecule has 21 heavy (non-hydrogen) atoms. The van der Waals surface area contributed by atoms with Gasteiger partial charge < -0.3 is 21.2 Å². The third kappa shape index (κ3) is 4.68. The molecule has 0 bridgehead atoms. The highest BCUT2D eigenvalue weighted by molar-refractivity contribution is 6.30. The Kier molecular flexibility index (Phi) is 5.06. The lowest BCUT2D eigenvalue weighted by Gasteiger charge is -2.14. The van der Waals surface area contributed by atoms with E-state index in [0.717, 1.165) is 5.69 Å². The molecular formula is C16H18ClN3O. The van der Waals surface area contributed by atoms with Crippen molar-refractivity contribution in [1.82, 2.24) is 0 Å². The van der Waals surface area contributed by atoms with Gasteiger partial charge in [0.15, 0.2) is 5.75 Å². The number of nitrogen functional groups attached to an aromatic ring is 1. The van der Waals surface area contributed by atoms with E-state index < -0.39 is 0 Å². The summed E-state index contributed by atoms with van der Waals surface area (Å²) in [6, 6.07) is 12.6. The van der Waals surface area contributed by atoms with Gasteiger partial charge in [-0.25, -0.2) is 0 Å². The van der Waals surface area contributed by atoms with Crippen molar-refractivity contribution in [2.24, 2.45) is 0 Å². The van der Waals surface area contributed by atoms with Crippen LogP contribution in [0, 0.1) is 5.41 Å². The van der Waals surface area contributed by atoms with Gasteiger partial charge in [-0.1, -0.05) is 17.7 Å². The minimum atomic E-state index is 0.616. The van der Waals surface area contributed by atoms with Crippen LogP contribution in [0.1, 0.15) is 13.3 Å². The maximum absolute atomic E-state index is 7.44. The highest BCUT2D eigenvalue weighted by Gasteiger charge is 2.06. The number of nitrogens with one attached hydrogen (secondary N) is 2. The zero-order valence-electron chi connectivity index (χ0n) is 11.8. The molecule has 0 aliphatic heterocycles. The summed E-state index contributed by atoms with van der Waals surface area (Å²) in [6.45, 7) is 2.46. The maximum atomic E-state index is 7.44. The van der Waals surface area contributed by atoms with Gasteiger partial charge in [-0.15, -0.1) is 0 Å². The first-order chi connectivity index (χ1) is 10.0. The number of anilines is 2. The number of hydrogen-bond acceptors (Lipinski definition) is 4. The van der Waals surface area contributed by atoms with Gasteiger partial charge in [0.05, 0.1) is 5.69 Å². The van der Waals surface area contributed by atoms with Crippen LogP contribution < -0.4 is 15.8 Å². The van der Waals surface area contributed by atoms with Crippen LogP contribution in [0.4, 0.5) is 11.4 Å². The van der Waals surface area contributed by atoms with Gasteiger partial charge in [0.25, 0.3) is 0 Å². The average molecular weight is 304 g/mol. The SMILES string of the molecule is CC(=N)CCNc1ccc(N)cc1Oc1cccc(Cl)c1. The Balaban J connectivity index is 2.16. The predicted octanol–water partition coefficient (Wildman–Crippen LogP) is 4.56. The van der Waals surface area contributed by atoms with Gasteiger partial charge in [-0.05, 0) is 37.3 Å². The Morgan fingerprint density at radius 2 is 2.10 bits per heavy atom. The van der Waals surface area contributed by atoms with E-state index in [1.165, 1.54) is 0 Å². The van der Waals surface area contributed by atoms with Crippen molar-refractivity contribution in [2.75, 3.05) is 17.6 Å². The Morgan fingerprint density at radius 3 is 2.81 bits per heavy atom. The smallest absolute Gasteiger partial charge is 0.152 e. The normalized spacial score (nSPS) is 10.2. The molecule has 0 radical (unpaired) electrons. The molecule has 0 saturated carbocycles. The summed E-state index contributed by atoms with van der Waals surface area (Å²) in [5.41, 5.74) is 7.92. The number of ether oxygens (including phenoxy) is 1. The molecule has 5 heteroatoms. The Labute approximate surface area is 129 Å². The molecule has 4 nitrogen and oxygen atoms in total. The molecule has 0 atom stereocenters. The molecule has 0 aromatic heterocycles. The number of benzene rings is 2. The summed E-state index contributed by atoms with van der Waals surface area (Å²) < 4.78 is 5.85. The summed E-state index contributed by atoms with van der Waals surface area (Å²) in [6.07, 6.45) is 0.682. The van der Waals surface area contributed by atoms with Gasteiger partial charge in [-0.3, -0.25) is 0 Å². The van der Waals surface area contributed by atoms with Crippen molar-refractivity contribution in [1.29, 1.82) is 5.41 Å². The molecule has 0 aliphatic carbocycles. The third-order valence-electron chi connectivity index (χ3n) is 2.85. The molecule has 0 aliphatic rings. The molecule has 2 aromatic rings. The van der Waals surface area contributed by atoms with Crippen molar-refractivity contribution in [2.45, 2.75) is 13.3 Å². The molecule has 0 amide bonds. The van der Waals surface area contributed by atoms with Crippen LogP contribution >= 0.6 is 11.6 Å². The van der Waals surface area contributed by atoms with E-state index in [4.69, 9.17) is 27.5 Å². The van der Waals surface area contributed by atoms with Crippen LogP contribution in [0.3, 0.4) is 0 Å². The second kappa shape index (κ2) is 6.99. The Morgan fingerprint density at radius 1 is 1.29 bits per heavy atom. The highest BCUT2D eigenvalue weighted by Crippen LogP contribution is 2.32. The van der Waals surface area contributed by atoms with Crippen LogP contribution in [-0.2, 0) is 0 Å². The molecular weight excluding hydrogens is 286 g/mol. The average Bonchev–Trinajstić information content (AvgIpc) is 2.41. The molecule has 110 valence electrons. The van der Waals surface area contributed by atoms with Gasteiger partial charge in [0.1, 0.15) is 5.75 Å². The van der Waals surface area contributed by atoms with Crippen molar-refractivity contribution in [3.8, 4) is 11.5 Å². The second-order valence-electron chi connectivity index (χ2n) is 4.77. The fourth-order valence-corrected chi connectivity index (χ4v) is 1.99. The van der Waals surface area contributed by atoms with E-state index in [1.54, 1.807) is 25.1 Å². The monoisotopic (exact) mass is 303 g/mol. The molecule has 0 heterocycles. The summed E-state index contributed by atoms with van der Waals surface area (Å²) >= 11 is 5.96. The van der Waals surface area contributed by atoms with Crippen molar-refractivity contribution < 1.29 is 4.74 Å². The van der Waals surface area contributed by atoms with Gasteiger partial charge in [0.2, 0.25) is 0 Å². The van der Waals surface area contributed by atoms with Crippen LogP contribution in [0.15, 0.2) is 42.5 Å². The van der Waals surface area contributed by atoms with Crippen molar-refractivity contribution in [3.05, 3.63) is 47.5 Å². The lowest BCUT2D eigenvalue weighted by Crippen LogP contribution is -2.06. The molecule has 0 fully saturated rings. The Hall–Kier alpha value is -2.20. The largest absolute Gasteiger partial charge is 0.455 e. The fourth-order valence-electron chi connectivity index (χ4n) is 1.81. The van der Waals surface area contributed by atoms with Crippen LogP contribution in [0.2, 0.25) is 5.02 Å². The highest BCUT2D eigenvalue weighted by atomic mass is 35.5. The summed E-state index contributed by atoms with van der Waals surface area (Å²) in [5.74, 6) is 1.29. The fraction of sp³-hybridized carbons (Fsp3) is 0.188. The van der Waals surface area contributed by atoms with Gasteiger partial charge in [0, 0.05) is 35.5 Å². The van der Waals surface area contributed by atoms with Crippen LogP contribution in [0.5, 0.6) is 11.5 Å². The maximum Gasteiger partial charge on any atom is 0.152 e. The Bertz CT molecular complexity index is 643. The van der Waals surface area contributed by atoms with E-state index >= 15 is 0 Å². The molecule has 0 unspecified atom stereocenters. The van der Waals surface area contributed by atoms with Crippen LogP contribution in [0.25, 0.3) is 0 Å². The molecule has 4 N–H and O–H groups in total. The standard InChI is InChI=1S/C16H18ClN3O/c1-11(18)7-8-20-15-6-5-13(19)10-16(15)21-14-4-2-3-12(17)9-14/h2-6,9-10,18,20H,7-8,19H2,1H3. The number of halogens is 1. The topological polar surface area (TPSA) is 71.1 Å². The lowest BCUT2D eigenvalue weighted by molar-refractivity contribution is 0.484. The zero-order chi connectivity index (χ0) is 15.2. The first-order valence-electron chi connectivity index (χ1n) is 6.65. The molecule has 2 rings (SSSR count). The zero-order valence-corrected chi connectivity index (χ0v) is 12.6. The quantitative estimate of drug-likeness (QED) is 0.541. The first-order valence-corrected chi connectivity index (χ1v) is 7.03. The number of nitrogens with two attached hydrogens (primary N) is 1. The molecule has 2 aromatic carbocycles. The minimum Gasteiger partial charge on any atom is -0.455 e. The van der Waals surface area contributed by atoms with E-state index in [9.17, 15) is 0 Å². The van der Waals surface area contributed by atoms with Gasteiger partial charge >= 0.3 is 0 Å². The summed E-state index contributed by atoms with van der Waals surface area (Å²) in [5, 5.41) is 11.3. The second-order valence-corrected chi connectivity index (χ2v) is 5.21. The molecule has 0 spiro atoms. The lowest BCUT2D eigenvalue weighted by atomic mass is 10.2. The van der Waals surface area contributed by atoms with E-state index in [1.807, 2.05) is 24.3 Å². The number of hydrogen-bond donors (Lipinski definition) is 3. The van der Waals surface area contributed by atoms with Crippen LogP contribution in [-0.4, -0.2) is 12.3 Å². The first kappa shape index (κ1) is 15.2. The van der Waals surface area contributed by atoms with Gasteiger partial charge in [-0.2, -0.15) is 0 Å². The van der Waals surface area contributed by atoms with E-state index in [-0.39, 0.29) is 0 Å².